The molecule has 0 heterocycles. The van der Waals surface area contributed by atoms with Crippen LogP contribution in [0.15, 0.2) is 0 Å². The fourth-order valence-electron chi connectivity index (χ4n) is 2.56. The SMILES string of the molecule is CCS(=O)(=O)CCCC1(O)CCCCC1OC. The second kappa shape index (κ2) is 6.16. The summed E-state index contributed by atoms with van der Waals surface area (Å²) in [7, 11) is -1.31. The van der Waals surface area contributed by atoms with Gasteiger partial charge in [-0.3, -0.25) is 0 Å². The third-order valence-electron chi connectivity index (χ3n) is 3.71. The van der Waals surface area contributed by atoms with E-state index in [1.807, 2.05) is 0 Å². The summed E-state index contributed by atoms with van der Waals surface area (Å²) < 4.78 is 28.1. The van der Waals surface area contributed by atoms with Crippen LogP contribution in [0.5, 0.6) is 0 Å². The van der Waals surface area contributed by atoms with Crippen LogP contribution >= 0.6 is 0 Å². The van der Waals surface area contributed by atoms with Crippen molar-refractivity contribution < 1.29 is 18.3 Å². The normalized spacial score (nSPS) is 30.4. The van der Waals surface area contributed by atoms with Crippen LogP contribution in [0.1, 0.15) is 45.4 Å². The van der Waals surface area contributed by atoms with E-state index in [0.29, 0.717) is 12.8 Å². The lowest BCUT2D eigenvalue weighted by atomic mass is 9.79. The van der Waals surface area contributed by atoms with E-state index in [1.54, 1.807) is 14.0 Å². The Balaban J connectivity index is 2.48. The number of rotatable bonds is 6. The van der Waals surface area contributed by atoms with Gasteiger partial charge in [-0.2, -0.15) is 0 Å². The lowest BCUT2D eigenvalue weighted by Crippen LogP contribution is -2.46. The number of sulfone groups is 1. The molecule has 0 aromatic rings. The Morgan fingerprint density at radius 2 is 2.12 bits per heavy atom. The zero-order valence-electron chi connectivity index (χ0n) is 10.8. The van der Waals surface area contributed by atoms with E-state index in [1.165, 1.54) is 0 Å². The van der Waals surface area contributed by atoms with E-state index < -0.39 is 15.4 Å². The van der Waals surface area contributed by atoms with Gasteiger partial charge in [0.15, 0.2) is 0 Å². The van der Waals surface area contributed by atoms with Crippen molar-refractivity contribution in [3.05, 3.63) is 0 Å². The highest BCUT2D eigenvalue weighted by Gasteiger charge is 2.38. The molecule has 0 amide bonds. The Kier molecular flexibility index (Phi) is 5.41. The molecule has 1 saturated carbocycles. The van der Waals surface area contributed by atoms with E-state index in [2.05, 4.69) is 0 Å². The maximum Gasteiger partial charge on any atom is 0.150 e. The van der Waals surface area contributed by atoms with E-state index in [0.717, 1.165) is 25.7 Å². The van der Waals surface area contributed by atoms with Crippen molar-refractivity contribution in [2.45, 2.75) is 57.2 Å². The van der Waals surface area contributed by atoms with Crippen LogP contribution in [0.4, 0.5) is 0 Å². The van der Waals surface area contributed by atoms with Crippen LogP contribution in [0, 0.1) is 0 Å². The van der Waals surface area contributed by atoms with Crippen LogP contribution in [-0.2, 0) is 14.6 Å². The summed E-state index contributed by atoms with van der Waals surface area (Å²) in [4.78, 5) is 0. The molecule has 0 aliphatic heterocycles. The van der Waals surface area contributed by atoms with Gasteiger partial charge < -0.3 is 9.84 Å². The van der Waals surface area contributed by atoms with Gasteiger partial charge in [0, 0.05) is 12.9 Å². The summed E-state index contributed by atoms with van der Waals surface area (Å²) in [5.74, 6) is 0.349. The standard InChI is InChI=1S/C12H24O4S/c1-3-17(14,15)10-6-9-12(13)8-5-4-7-11(12)16-2/h11,13H,3-10H2,1-2H3. The first-order valence-corrected chi connectivity index (χ1v) is 8.21. The Morgan fingerprint density at radius 3 is 2.71 bits per heavy atom. The number of hydrogen-bond donors (Lipinski definition) is 1. The highest BCUT2D eigenvalue weighted by molar-refractivity contribution is 7.91. The van der Waals surface area contributed by atoms with Crippen LogP contribution in [-0.4, -0.2) is 43.8 Å². The Bertz CT molecular complexity index is 325. The van der Waals surface area contributed by atoms with E-state index >= 15 is 0 Å². The summed E-state index contributed by atoms with van der Waals surface area (Å²) in [6.45, 7) is 1.66. The zero-order chi connectivity index (χ0) is 12.9. The maximum atomic E-state index is 11.4. The Labute approximate surface area is 104 Å². The molecular weight excluding hydrogens is 240 g/mol. The van der Waals surface area contributed by atoms with Gasteiger partial charge in [0.05, 0.1) is 17.5 Å². The molecule has 17 heavy (non-hydrogen) atoms. The van der Waals surface area contributed by atoms with Gasteiger partial charge in [-0.1, -0.05) is 19.8 Å². The third-order valence-corrected chi connectivity index (χ3v) is 5.51. The topological polar surface area (TPSA) is 63.6 Å². The van der Waals surface area contributed by atoms with Gasteiger partial charge in [0.25, 0.3) is 0 Å². The molecule has 1 N–H and O–H groups in total. The van der Waals surface area contributed by atoms with Crippen LogP contribution in [0.25, 0.3) is 0 Å². The predicted molar refractivity (Wildman–Crippen MR) is 67.8 cm³/mol. The second-order valence-electron chi connectivity index (χ2n) is 4.91. The minimum atomic E-state index is -2.92. The molecule has 1 aliphatic rings. The fraction of sp³-hybridized carbons (Fsp3) is 1.00. The average molecular weight is 264 g/mol. The molecule has 1 aliphatic carbocycles. The Morgan fingerprint density at radius 1 is 1.41 bits per heavy atom. The van der Waals surface area contributed by atoms with Crippen LogP contribution in [0.3, 0.4) is 0 Å². The summed E-state index contributed by atoms with van der Waals surface area (Å²) in [6.07, 6.45) is 4.56. The monoisotopic (exact) mass is 264 g/mol. The first-order valence-electron chi connectivity index (χ1n) is 6.39. The van der Waals surface area contributed by atoms with Gasteiger partial charge in [0.1, 0.15) is 9.84 Å². The lowest BCUT2D eigenvalue weighted by molar-refractivity contribution is -0.121. The predicted octanol–water partition coefficient (Wildman–Crippen LogP) is 1.52. The van der Waals surface area contributed by atoms with Gasteiger partial charge in [-0.05, 0) is 25.7 Å². The van der Waals surface area contributed by atoms with Crippen molar-refractivity contribution in [1.29, 1.82) is 0 Å². The minimum Gasteiger partial charge on any atom is -0.387 e. The molecule has 102 valence electrons. The molecule has 4 nitrogen and oxygen atoms in total. The number of ether oxygens (including phenoxy) is 1. The van der Waals surface area contributed by atoms with Crippen molar-refractivity contribution in [2.75, 3.05) is 18.6 Å². The molecule has 1 rings (SSSR count). The molecule has 1 fully saturated rings. The van der Waals surface area contributed by atoms with Crippen LogP contribution < -0.4 is 0 Å². The average Bonchev–Trinajstić information content (AvgIpc) is 2.29. The van der Waals surface area contributed by atoms with Crippen LogP contribution in [0.2, 0.25) is 0 Å². The number of methoxy groups -OCH3 is 1. The molecule has 5 heteroatoms. The largest absolute Gasteiger partial charge is 0.387 e. The smallest absolute Gasteiger partial charge is 0.150 e. The molecule has 2 unspecified atom stereocenters. The Hall–Kier alpha value is -0.130. The van der Waals surface area contributed by atoms with Gasteiger partial charge in [-0.25, -0.2) is 8.42 Å². The summed E-state index contributed by atoms with van der Waals surface area (Å²) in [6, 6.07) is 0. The van der Waals surface area contributed by atoms with E-state index in [9.17, 15) is 13.5 Å². The summed E-state index contributed by atoms with van der Waals surface area (Å²) in [5, 5.41) is 10.5. The first kappa shape index (κ1) is 14.9. The third kappa shape index (κ3) is 4.23. The quantitative estimate of drug-likeness (QED) is 0.790. The van der Waals surface area contributed by atoms with Crippen molar-refractivity contribution in [1.82, 2.24) is 0 Å². The first-order chi connectivity index (χ1) is 7.93. The highest BCUT2D eigenvalue weighted by Crippen LogP contribution is 2.34. The van der Waals surface area contributed by atoms with E-state index in [-0.39, 0.29) is 17.6 Å². The molecular formula is C12H24O4S. The second-order valence-corrected chi connectivity index (χ2v) is 7.39. The molecule has 0 aromatic carbocycles. The summed E-state index contributed by atoms with van der Waals surface area (Å²) >= 11 is 0. The number of hydrogen-bond acceptors (Lipinski definition) is 4. The zero-order valence-corrected chi connectivity index (χ0v) is 11.6. The van der Waals surface area contributed by atoms with Gasteiger partial charge in [0.2, 0.25) is 0 Å². The van der Waals surface area contributed by atoms with Crippen molar-refractivity contribution in [3.63, 3.8) is 0 Å². The maximum absolute atomic E-state index is 11.4. The number of aliphatic hydroxyl groups is 1. The molecule has 0 aromatic heterocycles. The molecule has 2 atom stereocenters. The van der Waals surface area contributed by atoms with Crippen molar-refractivity contribution in [2.24, 2.45) is 0 Å². The van der Waals surface area contributed by atoms with Crippen molar-refractivity contribution in [3.8, 4) is 0 Å². The minimum absolute atomic E-state index is 0.138. The molecule has 0 radical (unpaired) electrons. The lowest BCUT2D eigenvalue weighted by Gasteiger charge is -2.39. The highest BCUT2D eigenvalue weighted by atomic mass is 32.2. The fourth-order valence-corrected chi connectivity index (χ4v) is 3.43. The van der Waals surface area contributed by atoms with E-state index in [4.69, 9.17) is 4.74 Å². The van der Waals surface area contributed by atoms with Crippen molar-refractivity contribution >= 4 is 9.84 Å². The molecule has 0 saturated heterocycles. The summed E-state index contributed by atoms with van der Waals surface area (Å²) in [5.41, 5.74) is -0.823. The van der Waals surface area contributed by atoms with Gasteiger partial charge in [-0.15, -0.1) is 0 Å². The molecule has 0 spiro atoms. The molecule has 0 bridgehead atoms. The van der Waals surface area contributed by atoms with Gasteiger partial charge >= 0.3 is 0 Å².